The molecule has 4 nitrogen and oxygen atoms in total. The molecule has 1 saturated heterocycles. The molecule has 1 atom stereocenters. The zero-order chi connectivity index (χ0) is 21.3. The van der Waals surface area contributed by atoms with Crippen molar-refractivity contribution < 1.29 is 9.59 Å². The Hall–Kier alpha value is -2.27. The standard InChI is InChI=1S/C25H32N2O2S/c1-19(2)23(30-18-20-10-5-3-6-11-20)24(28)26-17-21-12-9-13-22(16-21)25(29)27-14-7-4-8-15-27/h3,5-6,9-13,16,19,23H,4,7-8,14-15,17-18H2,1-2H3,(H,26,28). The van der Waals surface area contributed by atoms with Crippen LogP contribution in [-0.2, 0) is 17.1 Å². The van der Waals surface area contributed by atoms with Crippen LogP contribution in [0, 0.1) is 5.92 Å². The highest BCUT2D eigenvalue weighted by atomic mass is 32.2. The Morgan fingerprint density at radius 2 is 1.67 bits per heavy atom. The van der Waals surface area contributed by atoms with E-state index in [4.69, 9.17) is 0 Å². The van der Waals surface area contributed by atoms with Crippen molar-refractivity contribution in [2.24, 2.45) is 5.92 Å². The van der Waals surface area contributed by atoms with E-state index in [0.29, 0.717) is 12.1 Å². The lowest BCUT2D eigenvalue weighted by atomic mass is 10.1. The Kier molecular flexibility index (Phi) is 8.38. The minimum atomic E-state index is -0.108. The first-order valence-electron chi connectivity index (χ1n) is 10.9. The predicted octanol–water partition coefficient (Wildman–Crippen LogP) is 4.89. The van der Waals surface area contributed by atoms with Crippen LogP contribution in [-0.4, -0.2) is 35.1 Å². The maximum atomic E-state index is 12.8. The molecule has 1 fully saturated rings. The van der Waals surface area contributed by atoms with E-state index in [1.54, 1.807) is 11.8 Å². The zero-order valence-corrected chi connectivity index (χ0v) is 18.8. The van der Waals surface area contributed by atoms with Gasteiger partial charge in [0.05, 0.1) is 5.25 Å². The predicted molar refractivity (Wildman–Crippen MR) is 124 cm³/mol. The first-order valence-corrected chi connectivity index (χ1v) is 11.9. The van der Waals surface area contributed by atoms with Crippen LogP contribution in [0.5, 0.6) is 0 Å². The van der Waals surface area contributed by atoms with Crippen LogP contribution in [0.2, 0.25) is 0 Å². The minimum absolute atomic E-state index is 0.0543. The molecule has 0 bridgehead atoms. The summed E-state index contributed by atoms with van der Waals surface area (Å²) in [5, 5.41) is 2.97. The second-order valence-electron chi connectivity index (χ2n) is 8.23. The van der Waals surface area contributed by atoms with Gasteiger partial charge in [0.2, 0.25) is 5.91 Å². The summed E-state index contributed by atoms with van der Waals surface area (Å²) in [6, 6.07) is 17.9. The van der Waals surface area contributed by atoms with Crippen LogP contribution in [0.3, 0.4) is 0 Å². The summed E-state index contributed by atoms with van der Waals surface area (Å²) < 4.78 is 0. The monoisotopic (exact) mass is 424 g/mol. The van der Waals surface area contributed by atoms with Crippen LogP contribution < -0.4 is 5.32 Å². The van der Waals surface area contributed by atoms with Crippen LogP contribution in [0.1, 0.15) is 54.6 Å². The van der Waals surface area contributed by atoms with Gasteiger partial charge in [0.15, 0.2) is 0 Å². The number of hydrogen-bond acceptors (Lipinski definition) is 3. The van der Waals surface area contributed by atoms with E-state index in [1.165, 1.54) is 12.0 Å². The number of nitrogens with one attached hydrogen (secondary N) is 1. The van der Waals surface area contributed by atoms with Gasteiger partial charge in [-0.15, -0.1) is 11.8 Å². The van der Waals surface area contributed by atoms with E-state index in [-0.39, 0.29) is 23.0 Å². The Bertz CT molecular complexity index is 832. The first kappa shape index (κ1) is 22.4. The average molecular weight is 425 g/mol. The lowest BCUT2D eigenvalue weighted by molar-refractivity contribution is -0.121. The third kappa shape index (κ3) is 6.36. The van der Waals surface area contributed by atoms with Crippen LogP contribution in [0.15, 0.2) is 54.6 Å². The van der Waals surface area contributed by atoms with E-state index in [2.05, 4.69) is 31.3 Å². The molecular formula is C25H32N2O2S. The normalized spacial score (nSPS) is 15.1. The molecule has 160 valence electrons. The molecule has 1 aliphatic heterocycles. The highest BCUT2D eigenvalue weighted by Crippen LogP contribution is 2.24. The summed E-state index contributed by atoms with van der Waals surface area (Å²) in [6.07, 6.45) is 3.37. The largest absolute Gasteiger partial charge is 0.351 e. The van der Waals surface area contributed by atoms with Crippen molar-refractivity contribution >= 4 is 23.6 Å². The van der Waals surface area contributed by atoms with Gasteiger partial charge in [-0.2, -0.15) is 0 Å². The Morgan fingerprint density at radius 1 is 0.967 bits per heavy atom. The maximum Gasteiger partial charge on any atom is 0.253 e. The van der Waals surface area contributed by atoms with Crippen molar-refractivity contribution in [1.29, 1.82) is 0 Å². The van der Waals surface area contributed by atoms with E-state index >= 15 is 0 Å². The van der Waals surface area contributed by atoms with Gasteiger partial charge in [0.1, 0.15) is 0 Å². The molecular weight excluding hydrogens is 392 g/mol. The van der Waals surface area contributed by atoms with Crippen molar-refractivity contribution in [3.8, 4) is 0 Å². The number of carbonyl (C=O) groups excluding carboxylic acids is 2. The highest BCUT2D eigenvalue weighted by molar-refractivity contribution is 7.99. The Balaban J connectivity index is 1.56. The SMILES string of the molecule is CC(C)C(SCc1ccccc1)C(=O)NCc1cccc(C(=O)N2CCCCC2)c1. The second kappa shape index (κ2) is 11.2. The van der Waals surface area contributed by atoms with Crippen molar-refractivity contribution in [2.75, 3.05) is 13.1 Å². The van der Waals surface area contributed by atoms with E-state index in [0.717, 1.165) is 37.2 Å². The minimum Gasteiger partial charge on any atom is -0.351 e. The molecule has 1 heterocycles. The molecule has 1 N–H and O–H groups in total. The maximum absolute atomic E-state index is 12.8. The molecule has 2 aromatic rings. The first-order chi connectivity index (χ1) is 14.5. The second-order valence-corrected chi connectivity index (χ2v) is 9.36. The molecule has 1 unspecified atom stereocenters. The lowest BCUT2D eigenvalue weighted by Crippen LogP contribution is -2.36. The van der Waals surface area contributed by atoms with Gasteiger partial charge in [-0.1, -0.05) is 56.3 Å². The topological polar surface area (TPSA) is 49.4 Å². The number of thioether (sulfide) groups is 1. The molecule has 5 heteroatoms. The third-order valence-electron chi connectivity index (χ3n) is 5.42. The highest BCUT2D eigenvalue weighted by Gasteiger charge is 2.23. The van der Waals surface area contributed by atoms with Gasteiger partial charge in [0.25, 0.3) is 5.91 Å². The van der Waals surface area contributed by atoms with Gasteiger partial charge in [-0.25, -0.2) is 0 Å². The number of piperidine rings is 1. The number of benzene rings is 2. The Labute approximate surface area is 184 Å². The third-order valence-corrected chi connectivity index (χ3v) is 7.04. The molecule has 0 spiro atoms. The summed E-state index contributed by atoms with van der Waals surface area (Å²) in [4.78, 5) is 27.5. The lowest BCUT2D eigenvalue weighted by Gasteiger charge is -2.27. The van der Waals surface area contributed by atoms with Gasteiger partial charge in [-0.3, -0.25) is 9.59 Å². The molecule has 2 amide bonds. The summed E-state index contributed by atoms with van der Waals surface area (Å²) in [5.74, 6) is 1.21. The quantitative estimate of drug-likeness (QED) is 0.657. The molecule has 3 rings (SSSR count). The summed E-state index contributed by atoms with van der Waals surface area (Å²) >= 11 is 1.68. The van der Waals surface area contributed by atoms with Gasteiger partial charge >= 0.3 is 0 Å². The van der Waals surface area contributed by atoms with E-state index < -0.39 is 0 Å². The average Bonchev–Trinajstić information content (AvgIpc) is 2.78. The number of rotatable bonds is 8. The Morgan fingerprint density at radius 3 is 2.37 bits per heavy atom. The van der Waals surface area contributed by atoms with Crippen LogP contribution >= 0.6 is 11.8 Å². The molecule has 0 aromatic heterocycles. The molecule has 2 aromatic carbocycles. The fraction of sp³-hybridized carbons (Fsp3) is 0.440. The number of nitrogens with zero attached hydrogens (tertiary/aromatic N) is 1. The fourth-order valence-corrected chi connectivity index (χ4v) is 4.90. The summed E-state index contributed by atoms with van der Waals surface area (Å²) in [6.45, 7) is 6.29. The number of likely N-dealkylation sites (tertiary alicyclic amines) is 1. The molecule has 1 aliphatic rings. The van der Waals surface area contributed by atoms with Crippen molar-refractivity contribution in [1.82, 2.24) is 10.2 Å². The van der Waals surface area contributed by atoms with Gasteiger partial charge in [-0.05, 0) is 48.4 Å². The number of hydrogen-bond donors (Lipinski definition) is 1. The van der Waals surface area contributed by atoms with Crippen LogP contribution in [0.4, 0.5) is 0 Å². The van der Waals surface area contributed by atoms with Crippen LogP contribution in [0.25, 0.3) is 0 Å². The van der Waals surface area contributed by atoms with Crippen molar-refractivity contribution in [2.45, 2.75) is 50.7 Å². The van der Waals surface area contributed by atoms with Crippen molar-refractivity contribution in [3.05, 3.63) is 71.3 Å². The van der Waals surface area contributed by atoms with Gasteiger partial charge < -0.3 is 10.2 Å². The summed E-state index contributed by atoms with van der Waals surface area (Å²) in [5.41, 5.74) is 2.90. The number of amides is 2. The van der Waals surface area contributed by atoms with Crippen molar-refractivity contribution in [3.63, 3.8) is 0 Å². The van der Waals surface area contributed by atoms with E-state index in [9.17, 15) is 9.59 Å². The van der Waals surface area contributed by atoms with E-state index in [1.807, 2.05) is 47.4 Å². The molecule has 0 aliphatic carbocycles. The van der Waals surface area contributed by atoms with Gasteiger partial charge in [0, 0.05) is 31.0 Å². The molecule has 0 radical (unpaired) electrons. The summed E-state index contributed by atoms with van der Waals surface area (Å²) in [7, 11) is 0. The number of carbonyl (C=O) groups is 2. The fourth-order valence-electron chi connectivity index (χ4n) is 3.71. The molecule has 30 heavy (non-hydrogen) atoms. The zero-order valence-electron chi connectivity index (χ0n) is 18.0. The smallest absolute Gasteiger partial charge is 0.253 e. The molecule has 0 saturated carbocycles.